The van der Waals surface area contributed by atoms with Gasteiger partial charge in [-0.2, -0.15) is 0 Å². The van der Waals surface area contributed by atoms with Crippen LogP contribution in [0.3, 0.4) is 0 Å². The van der Waals surface area contributed by atoms with E-state index in [9.17, 15) is 23.3 Å². The van der Waals surface area contributed by atoms with Crippen LogP contribution in [-0.2, 0) is 10.0 Å². The van der Waals surface area contributed by atoms with Gasteiger partial charge in [-0.3, -0.25) is 14.9 Å². The molecule has 0 saturated heterocycles. The lowest BCUT2D eigenvalue weighted by atomic mass is 9.95. The number of hydrogen-bond acceptors (Lipinski definition) is 7. The average Bonchev–Trinajstić information content (AvgIpc) is 2.77. The quantitative estimate of drug-likeness (QED) is 0.163. The van der Waals surface area contributed by atoms with E-state index in [0.717, 1.165) is 11.0 Å². The van der Waals surface area contributed by atoms with Gasteiger partial charge in [-0.25, -0.2) is 13.1 Å². The highest BCUT2D eigenvalue weighted by atomic mass is 32.2. The molecule has 3 rings (SSSR count). The van der Waals surface area contributed by atoms with E-state index in [0.29, 0.717) is 17.8 Å². The smallest absolute Gasteiger partial charge is 0.293 e. The van der Waals surface area contributed by atoms with E-state index in [1.807, 2.05) is 35.1 Å². The highest BCUT2D eigenvalue weighted by Gasteiger charge is 2.23. The summed E-state index contributed by atoms with van der Waals surface area (Å²) in [5.41, 5.74) is 0.293. The van der Waals surface area contributed by atoms with Gasteiger partial charge in [-0.1, -0.05) is 47.9 Å². The van der Waals surface area contributed by atoms with E-state index in [-0.39, 0.29) is 11.3 Å². The van der Waals surface area contributed by atoms with Gasteiger partial charge >= 0.3 is 0 Å². The second kappa shape index (κ2) is 10.3. The van der Waals surface area contributed by atoms with Crippen LogP contribution in [0.15, 0.2) is 82.6 Å². The Morgan fingerprint density at radius 2 is 1.72 bits per heavy atom. The molecule has 0 aliphatic carbocycles. The number of carbonyl (C=O) groups is 1. The van der Waals surface area contributed by atoms with Crippen molar-refractivity contribution in [1.29, 1.82) is 0 Å². The number of nitrogens with zero attached hydrogens (tertiary/aromatic N) is 1. The number of nitrogens with one attached hydrogen (secondary N) is 2. The van der Waals surface area contributed by atoms with E-state index in [4.69, 9.17) is 7.85 Å². The number of benzene rings is 3. The molecule has 162 valence electrons. The molecule has 0 aromatic heterocycles. The number of amides is 1. The van der Waals surface area contributed by atoms with Crippen molar-refractivity contribution < 1.29 is 18.1 Å². The van der Waals surface area contributed by atoms with Crippen molar-refractivity contribution in [3.05, 3.63) is 88.5 Å². The van der Waals surface area contributed by atoms with E-state index >= 15 is 0 Å². The Labute approximate surface area is 191 Å². The zero-order valence-electron chi connectivity index (χ0n) is 16.7. The summed E-state index contributed by atoms with van der Waals surface area (Å²) in [6, 6.07) is 18.8. The van der Waals surface area contributed by atoms with Gasteiger partial charge in [0.15, 0.2) is 0 Å². The van der Waals surface area contributed by atoms with Gasteiger partial charge in [0.2, 0.25) is 0 Å². The Morgan fingerprint density at radius 1 is 1.03 bits per heavy atom. The van der Waals surface area contributed by atoms with Crippen LogP contribution in [0.25, 0.3) is 0 Å². The first kappa shape index (κ1) is 23.4. The van der Waals surface area contributed by atoms with E-state index in [1.165, 1.54) is 36.4 Å². The molecule has 0 unspecified atom stereocenters. The number of rotatable bonds is 9. The first-order chi connectivity index (χ1) is 15.3. The second-order valence-corrected chi connectivity index (χ2v) is 9.43. The minimum atomic E-state index is -4.32. The van der Waals surface area contributed by atoms with Crippen LogP contribution in [0, 0.1) is 10.1 Å². The monoisotopic (exact) mass is 467 g/mol. The summed E-state index contributed by atoms with van der Waals surface area (Å²) in [6.07, 6.45) is 0. The first-order valence-corrected chi connectivity index (χ1v) is 11.9. The SMILES string of the molecule is [B]c1ccc(C(=O)NS(=O)(=O)c2ccc(NCCSc3ccccc3)c([N+](=O)[O-])c2)cc1. The van der Waals surface area contributed by atoms with Crippen LogP contribution in [0.1, 0.15) is 10.4 Å². The average molecular weight is 467 g/mol. The fourth-order valence-electron chi connectivity index (χ4n) is 2.72. The van der Waals surface area contributed by atoms with E-state index < -0.39 is 31.4 Å². The largest absolute Gasteiger partial charge is 0.379 e. The van der Waals surface area contributed by atoms with Crippen molar-refractivity contribution in [2.45, 2.75) is 9.79 Å². The summed E-state index contributed by atoms with van der Waals surface area (Å²) in [5.74, 6) is -0.216. The summed E-state index contributed by atoms with van der Waals surface area (Å²) < 4.78 is 27.1. The summed E-state index contributed by atoms with van der Waals surface area (Å²) in [6.45, 7) is 0.431. The van der Waals surface area contributed by atoms with Crippen LogP contribution in [0.2, 0.25) is 0 Å². The number of nitro benzene ring substituents is 1. The molecule has 0 aliphatic heterocycles. The highest BCUT2D eigenvalue weighted by Crippen LogP contribution is 2.28. The summed E-state index contributed by atoms with van der Waals surface area (Å²) in [5, 5.41) is 14.5. The molecule has 1 amide bonds. The molecular formula is C21H18BN3O5S2. The van der Waals surface area contributed by atoms with E-state index in [1.54, 1.807) is 11.8 Å². The minimum absolute atomic E-state index is 0.0893. The van der Waals surface area contributed by atoms with Gasteiger partial charge in [0.05, 0.1) is 9.82 Å². The molecule has 0 fully saturated rings. The molecule has 2 radical (unpaired) electrons. The van der Waals surface area contributed by atoms with Crippen LogP contribution in [0.4, 0.5) is 11.4 Å². The Hall–Kier alpha value is -3.31. The van der Waals surface area contributed by atoms with Crippen molar-refractivity contribution >= 4 is 52.4 Å². The van der Waals surface area contributed by atoms with Crippen molar-refractivity contribution in [3.8, 4) is 0 Å². The maximum atomic E-state index is 12.6. The topological polar surface area (TPSA) is 118 Å². The molecular weight excluding hydrogens is 449 g/mol. The third kappa shape index (κ3) is 6.11. The molecule has 0 saturated carbocycles. The third-order valence-electron chi connectivity index (χ3n) is 4.31. The molecule has 0 aliphatic rings. The fraction of sp³-hybridized carbons (Fsp3) is 0.0952. The van der Waals surface area contributed by atoms with Gasteiger partial charge in [0.25, 0.3) is 21.6 Å². The van der Waals surface area contributed by atoms with Crippen molar-refractivity contribution in [2.24, 2.45) is 0 Å². The lowest BCUT2D eigenvalue weighted by molar-refractivity contribution is -0.384. The lowest BCUT2D eigenvalue weighted by Gasteiger charge is -2.10. The normalized spacial score (nSPS) is 11.0. The van der Waals surface area contributed by atoms with Crippen LogP contribution in [-0.4, -0.2) is 39.4 Å². The lowest BCUT2D eigenvalue weighted by Crippen LogP contribution is -2.30. The first-order valence-electron chi connectivity index (χ1n) is 9.39. The standard InChI is InChI=1S/C21H18BN3O5S2/c22-16-8-6-15(7-9-16)21(26)24-32(29,30)18-10-11-19(20(14-18)25(27)28)23-12-13-31-17-4-2-1-3-5-17/h1-11,14,23H,12-13H2,(H,24,26). The predicted octanol–water partition coefficient (Wildman–Crippen LogP) is 2.71. The Balaban J connectivity index is 1.70. The molecule has 0 heterocycles. The van der Waals surface area contributed by atoms with Crippen molar-refractivity contribution in [1.82, 2.24) is 4.72 Å². The maximum absolute atomic E-state index is 12.6. The fourth-order valence-corrected chi connectivity index (χ4v) is 4.51. The second-order valence-electron chi connectivity index (χ2n) is 6.58. The van der Waals surface area contributed by atoms with Crippen molar-refractivity contribution in [2.75, 3.05) is 17.6 Å². The molecule has 32 heavy (non-hydrogen) atoms. The predicted molar refractivity (Wildman–Crippen MR) is 125 cm³/mol. The van der Waals surface area contributed by atoms with Gasteiger partial charge in [-0.15, -0.1) is 11.8 Å². The van der Waals surface area contributed by atoms with Crippen LogP contribution in [0.5, 0.6) is 0 Å². The molecule has 0 spiro atoms. The summed E-state index contributed by atoms with van der Waals surface area (Å²) in [7, 11) is 1.24. The molecule has 3 aromatic rings. The maximum Gasteiger partial charge on any atom is 0.293 e. The summed E-state index contributed by atoms with van der Waals surface area (Å²) >= 11 is 1.58. The van der Waals surface area contributed by atoms with Crippen LogP contribution >= 0.6 is 11.8 Å². The summed E-state index contributed by atoms with van der Waals surface area (Å²) in [4.78, 5) is 23.7. The zero-order chi connectivity index (χ0) is 23.1. The number of nitro groups is 1. The molecule has 0 atom stereocenters. The van der Waals surface area contributed by atoms with Crippen molar-refractivity contribution in [3.63, 3.8) is 0 Å². The molecule has 11 heteroatoms. The van der Waals surface area contributed by atoms with Gasteiger partial charge in [0.1, 0.15) is 13.5 Å². The number of carbonyl (C=O) groups excluding carboxylic acids is 1. The minimum Gasteiger partial charge on any atom is -0.379 e. The number of thioether (sulfide) groups is 1. The van der Waals surface area contributed by atoms with E-state index in [2.05, 4.69) is 5.32 Å². The molecule has 0 bridgehead atoms. The molecule has 3 aromatic carbocycles. The Morgan fingerprint density at radius 3 is 2.38 bits per heavy atom. The van der Waals surface area contributed by atoms with Crippen LogP contribution < -0.4 is 15.5 Å². The third-order valence-corrected chi connectivity index (χ3v) is 6.65. The Bertz CT molecular complexity index is 1220. The molecule has 2 N–H and O–H groups in total. The number of hydrogen-bond donors (Lipinski definition) is 2. The van der Waals surface area contributed by atoms with Gasteiger partial charge < -0.3 is 5.32 Å². The number of anilines is 1. The Kier molecular flexibility index (Phi) is 7.55. The molecule has 8 nitrogen and oxygen atoms in total. The zero-order valence-corrected chi connectivity index (χ0v) is 18.4. The van der Waals surface area contributed by atoms with Gasteiger partial charge in [-0.05, 0) is 24.3 Å². The number of sulfonamides is 1. The highest BCUT2D eigenvalue weighted by molar-refractivity contribution is 7.99. The van der Waals surface area contributed by atoms with Gasteiger partial charge in [0, 0.05) is 28.8 Å².